The van der Waals surface area contributed by atoms with Crippen LogP contribution >= 0.6 is 0 Å². The second-order valence-corrected chi connectivity index (χ2v) is 12.1. The van der Waals surface area contributed by atoms with Gasteiger partial charge in [0.2, 0.25) is 5.95 Å². The normalized spacial score (nSPS) is 11.0. The van der Waals surface area contributed by atoms with Gasteiger partial charge in [-0.25, -0.2) is 9.97 Å². The van der Waals surface area contributed by atoms with E-state index in [1.54, 1.807) is 18.5 Å². The third-order valence-electron chi connectivity index (χ3n) is 8.72. The zero-order chi connectivity index (χ0) is 35.1. The Labute approximate surface area is 343 Å². The summed E-state index contributed by atoms with van der Waals surface area (Å²) in [6, 6.07) is 50.1. The van der Waals surface area contributed by atoms with Gasteiger partial charge in [-0.15, -0.1) is 71.8 Å². The minimum atomic E-state index is 0. The molecule has 0 atom stereocenters. The van der Waals surface area contributed by atoms with Crippen molar-refractivity contribution in [1.82, 2.24) is 34.5 Å². The van der Waals surface area contributed by atoms with Gasteiger partial charge in [-0.1, -0.05) is 59.6 Å². The van der Waals surface area contributed by atoms with Crippen LogP contribution in [-0.2, 0) is 41.5 Å². The number of rotatable bonds is 7. The molecule has 0 aliphatic rings. The summed E-state index contributed by atoms with van der Waals surface area (Å²) in [6.45, 7) is 0. The van der Waals surface area contributed by atoms with Crippen LogP contribution in [0.4, 0.5) is 0 Å². The summed E-state index contributed by atoms with van der Waals surface area (Å²) in [5.74, 6) is 3.57. The summed E-state index contributed by atoms with van der Waals surface area (Å²) >= 11 is 0. The van der Waals surface area contributed by atoms with Crippen LogP contribution in [0.1, 0.15) is 0 Å². The van der Waals surface area contributed by atoms with Gasteiger partial charge < -0.3 is 14.0 Å². The smallest absolute Gasteiger partial charge is 0.503 e. The first-order chi connectivity index (χ1) is 26.2. The maximum Gasteiger partial charge on any atom is 2.00 e. The summed E-state index contributed by atoms with van der Waals surface area (Å²) in [7, 11) is 0. The molecule has 0 amide bonds. The topological polar surface area (TPSA) is 101 Å². The van der Waals surface area contributed by atoms with Crippen LogP contribution in [0.25, 0.3) is 72.3 Å². The van der Waals surface area contributed by atoms with Gasteiger partial charge in [0.1, 0.15) is 0 Å². The maximum atomic E-state index is 6.33. The molecule has 6 aromatic carbocycles. The summed E-state index contributed by atoms with van der Waals surface area (Å²) < 4.78 is 14.6. The van der Waals surface area contributed by atoms with Crippen LogP contribution in [-0.4, -0.2) is 34.5 Å². The van der Waals surface area contributed by atoms with E-state index in [0.717, 1.165) is 43.7 Å². The Morgan fingerprint density at radius 3 is 1.44 bits per heavy atom. The number of benzene rings is 6. The van der Waals surface area contributed by atoms with Crippen LogP contribution in [0.3, 0.4) is 0 Å². The fourth-order valence-electron chi connectivity index (χ4n) is 6.27. The van der Waals surface area contributed by atoms with Crippen molar-refractivity contribution in [2.45, 2.75) is 0 Å². The number of nitrogens with zero attached hydrogens (tertiary/aromatic N) is 7. The van der Waals surface area contributed by atoms with Crippen molar-refractivity contribution in [1.29, 1.82) is 0 Å². The quantitative estimate of drug-likeness (QED) is 0.115. The Bertz CT molecular complexity index is 2810. The van der Waals surface area contributed by atoms with Gasteiger partial charge in [0, 0.05) is 58.6 Å². The molecule has 4 aromatic heterocycles. The number of hydrogen-bond acceptors (Lipinski definition) is 8. The van der Waals surface area contributed by atoms with E-state index in [9.17, 15) is 0 Å². The van der Waals surface area contributed by atoms with Crippen molar-refractivity contribution in [3.63, 3.8) is 0 Å². The summed E-state index contributed by atoms with van der Waals surface area (Å²) in [4.78, 5) is 27.7. The summed E-state index contributed by atoms with van der Waals surface area (Å²) in [6.07, 6.45) is 7.03. The Hall–Kier alpha value is -6.17. The van der Waals surface area contributed by atoms with E-state index < -0.39 is 0 Å². The van der Waals surface area contributed by atoms with Gasteiger partial charge in [0.15, 0.2) is 0 Å². The standard InChI is InChI=1S/C44H23N7O2.Pd.Pt/c1-3-14-38-30(8-1)26-47-42(49-38)28-10-5-12-32(22-28)52-34-16-18-36-37-19-17-35(25-41(37)51(40(36)24-34)44-45-20-7-21-46-44)53-33-13-6-11-29(23-33)43-48-27-31-9-2-4-15-39(31)50-43;;/h1-21,26-27H;;/q-4;2*+2. The number of fused-ring (bicyclic) bond motifs is 5. The molecule has 55 heavy (non-hydrogen) atoms. The molecule has 0 aliphatic carbocycles. The molecule has 0 aliphatic heterocycles. The Morgan fingerprint density at radius 2 is 0.927 bits per heavy atom. The minimum Gasteiger partial charge on any atom is -0.503 e. The van der Waals surface area contributed by atoms with E-state index in [2.05, 4.69) is 44.2 Å². The first-order valence-electron chi connectivity index (χ1n) is 16.8. The zero-order valence-corrected chi connectivity index (χ0v) is 32.2. The molecule has 0 bridgehead atoms. The summed E-state index contributed by atoms with van der Waals surface area (Å²) in [5, 5.41) is 3.79. The van der Waals surface area contributed by atoms with Gasteiger partial charge >= 0.3 is 41.5 Å². The number of ether oxygens (including phenoxy) is 2. The number of para-hydroxylation sites is 2. The van der Waals surface area contributed by atoms with E-state index in [1.807, 2.05) is 126 Å². The first kappa shape index (κ1) is 35.8. The molecular formula is C44H23N7O2PdPt. The Morgan fingerprint density at radius 1 is 0.455 bits per heavy atom. The van der Waals surface area contributed by atoms with Crippen LogP contribution < -0.4 is 9.47 Å². The molecule has 0 spiro atoms. The van der Waals surface area contributed by atoms with Gasteiger partial charge in [0.05, 0.1) is 22.7 Å². The second kappa shape index (κ2) is 15.3. The van der Waals surface area contributed by atoms with Crippen molar-refractivity contribution < 1.29 is 51.0 Å². The molecule has 0 N–H and O–H groups in total. The molecule has 0 saturated carbocycles. The maximum absolute atomic E-state index is 6.33. The van der Waals surface area contributed by atoms with Gasteiger partial charge in [-0.2, -0.15) is 22.9 Å². The van der Waals surface area contributed by atoms with Crippen LogP contribution in [0.5, 0.6) is 23.0 Å². The van der Waals surface area contributed by atoms with E-state index in [0.29, 0.717) is 51.6 Å². The van der Waals surface area contributed by atoms with E-state index in [4.69, 9.17) is 19.4 Å². The van der Waals surface area contributed by atoms with Gasteiger partial charge in [0.25, 0.3) is 0 Å². The predicted octanol–water partition coefficient (Wildman–Crippen LogP) is 9.57. The second-order valence-electron chi connectivity index (χ2n) is 12.1. The van der Waals surface area contributed by atoms with Crippen LogP contribution in [0.2, 0.25) is 0 Å². The molecule has 10 rings (SSSR count). The Balaban J connectivity index is 0.00000214. The van der Waals surface area contributed by atoms with Crippen molar-refractivity contribution >= 4 is 43.6 Å². The number of hydrogen-bond donors (Lipinski definition) is 0. The molecule has 0 saturated heterocycles. The minimum absolute atomic E-state index is 0. The Kier molecular flexibility index (Phi) is 9.96. The SMILES string of the molecule is [Pd+2].[Pt+2].[c-]1c(Oc2[c-]c3c(cc2)c2ccc(Oc4[c-]c(-c5ncc6ccccc6n5)ccc4)[c-]c2n3-c2ncccn2)cccc1-c1ncc2ccccc2n1. The van der Waals surface area contributed by atoms with Crippen LogP contribution in [0.15, 0.2) is 140 Å². The largest absolute Gasteiger partial charge is 2.00 e. The fraction of sp³-hybridized carbons (Fsp3) is 0. The molecular weight excluding hydrogens is 960 g/mol. The van der Waals surface area contributed by atoms with Crippen molar-refractivity contribution in [3.05, 3.63) is 164 Å². The monoisotopic (exact) mass is 982 g/mol. The molecule has 0 radical (unpaired) electrons. The number of aromatic nitrogens is 7. The third kappa shape index (κ3) is 7.00. The molecule has 10 aromatic rings. The fourth-order valence-corrected chi connectivity index (χ4v) is 6.27. The molecule has 9 nitrogen and oxygen atoms in total. The molecule has 0 fully saturated rings. The van der Waals surface area contributed by atoms with Gasteiger partial charge in [-0.3, -0.25) is 19.9 Å². The van der Waals surface area contributed by atoms with E-state index in [1.165, 1.54) is 0 Å². The van der Waals surface area contributed by atoms with Crippen LogP contribution in [0, 0.1) is 24.3 Å². The van der Waals surface area contributed by atoms with Gasteiger partial charge in [-0.05, 0) is 18.2 Å². The molecule has 4 heterocycles. The summed E-state index contributed by atoms with van der Waals surface area (Å²) in [5.41, 5.74) is 4.59. The average Bonchev–Trinajstić information content (AvgIpc) is 3.53. The van der Waals surface area contributed by atoms with E-state index in [-0.39, 0.29) is 41.5 Å². The van der Waals surface area contributed by atoms with Crippen molar-refractivity contribution in [2.24, 2.45) is 0 Å². The van der Waals surface area contributed by atoms with Crippen molar-refractivity contribution in [2.75, 3.05) is 0 Å². The predicted molar refractivity (Wildman–Crippen MR) is 202 cm³/mol. The zero-order valence-electron chi connectivity index (χ0n) is 28.4. The third-order valence-corrected chi connectivity index (χ3v) is 8.72. The molecule has 266 valence electrons. The average molecular weight is 983 g/mol. The van der Waals surface area contributed by atoms with Crippen molar-refractivity contribution in [3.8, 4) is 51.7 Å². The van der Waals surface area contributed by atoms with E-state index >= 15 is 0 Å². The molecule has 0 unspecified atom stereocenters. The molecule has 11 heteroatoms. The first-order valence-corrected chi connectivity index (χ1v) is 16.8.